The molecule has 3 aromatic rings. The molecule has 0 bridgehead atoms. The first-order chi connectivity index (χ1) is 10.1. The fraction of sp³-hybridized carbons (Fsp3) is 0. The Morgan fingerprint density at radius 1 is 0.952 bits per heavy atom. The molecule has 0 unspecified atom stereocenters. The van der Waals surface area contributed by atoms with Gasteiger partial charge in [0.1, 0.15) is 0 Å². The van der Waals surface area contributed by atoms with Gasteiger partial charge in [-0.05, 0) is 24.3 Å². The second kappa shape index (κ2) is 3.92. The Morgan fingerprint density at radius 2 is 1.81 bits per heavy atom. The summed E-state index contributed by atoms with van der Waals surface area (Å²) in [5.41, 5.74) is 2.30. The lowest BCUT2D eigenvalue weighted by atomic mass is 9.98. The summed E-state index contributed by atoms with van der Waals surface area (Å²) >= 11 is 0. The largest absolute Gasteiger partial charge is 0.316 e. The molecule has 1 aliphatic rings. The van der Waals surface area contributed by atoms with Crippen molar-refractivity contribution in [3.8, 4) is 0 Å². The van der Waals surface area contributed by atoms with Gasteiger partial charge in [0.05, 0.1) is 27.8 Å². The van der Waals surface area contributed by atoms with E-state index in [4.69, 9.17) is 0 Å². The summed E-state index contributed by atoms with van der Waals surface area (Å²) in [4.78, 5) is 43.5. The molecule has 0 atom stereocenters. The van der Waals surface area contributed by atoms with Gasteiger partial charge in [-0.2, -0.15) is 0 Å². The van der Waals surface area contributed by atoms with E-state index in [1.165, 1.54) is 6.07 Å². The van der Waals surface area contributed by atoms with Crippen molar-refractivity contribution in [1.82, 2.24) is 9.97 Å². The van der Waals surface area contributed by atoms with E-state index >= 15 is 0 Å². The van der Waals surface area contributed by atoms with E-state index in [9.17, 15) is 14.4 Å². The van der Waals surface area contributed by atoms with E-state index in [1.54, 1.807) is 24.4 Å². The number of fused-ring (bicyclic) bond motifs is 4. The van der Waals surface area contributed by atoms with Gasteiger partial charge in [0, 0.05) is 11.6 Å². The number of anilines is 1. The van der Waals surface area contributed by atoms with Crippen LogP contribution in [-0.2, 0) is 9.59 Å². The highest BCUT2D eigenvalue weighted by Crippen LogP contribution is 2.30. The molecule has 1 N–H and O–H groups in total. The number of ketones is 2. The van der Waals surface area contributed by atoms with Gasteiger partial charge in [-0.25, -0.2) is 4.98 Å². The molecule has 0 aliphatic carbocycles. The lowest BCUT2D eigenvalue weighted by Crippen LogP contribution is -2.35. The van der Waals surface area contributed by atoms with Gasteiger partial charge in [0.15, 0.2) is 0 Å². The third-order valence-electron chi connectivity index (χ3n) is 3.45. The Labute approximate surface area is 117 Å². The highest BCUT2D eigenvalue weighted by Gasteiger charge is 2.33. The van der Waals surface area contributed by atoms with Crippen LogP contribution in [0, 0.1) is 0 Å². The van der Waals surface area contributed by atoms with Gasteiger partial charge >= 0.3 is 0 Å². The summed E-state index contributed by atoms with van der Waals surface area (Å²) < 4.78 is 0. The molecule has 4 rings (SSSR count). The van der Waals surface area contributed by atoms with Crippen LogP contribution < -0.4 is 5.32 Å². The van der Waals surface area contributed by atoms with Crippen LogP contribution in [0.2, 0.25) is 0 Å². The van der Waals surface area contributed by atoms with E-state index in [0.717, 1.165) is 10.9 Å². The van der Waals surface area contributed by atoms with E-state index in [0.29, 0.717) is 11.0 Å². The lowest BCUT2D eigenvalue weighted by Gasteiger charge is -2.16. The summed E-state index contributed by atoms with van der Waals surface area (Å²) in [6, 6.07) is 8.58. The number of carbonyl (C=O) groups excluding carboxylic acids is 3. The molecule has 100 valence electrons. The molecule has 1 amide bonds. The maximum atomic E-state index is 11.9. The zero-order chi connectivity index (χ0) is 14.6. The Bertz CT molecular complexity index is 978. The van der Waals surface area contributed by atoms with Crippen molar-refractivity contribution in [1.29, 1.82) is 0 Å². The molecule has 1 aromatic carbocycles. The molecule has 6 nitrogen and oxygen atoms in total. The molecular weight excluding hydrogens is 270 g/mol. The number of hydrogen-bond acceptors (Lipinski definition) is 5. The minimum absolute atomic E-state index is 0.169. The van der Waals surface area contributed by atoms with Crippen molar-refractivity contribution in [2.24, 2.45) is 0 Å². The Morgan fingerprint density at radius 3 is 2.67 bits per heavy atom. The molecule has 1 aliphatic heterocycles. The topological polar surface area (TPSA) is 89.0 Å². The number of carbonyl (C=O) groups is 3. The quantitative estimate of drug-likeness (QED) is 0.496. The van der Waals surface area contributed by atoms with Gasteiger partial charge in [-0.1, -0.05) is 6.07 Å². The van der Waals surface area contributed by atoms with Gasteiger partial charge in [0.2, 0.25) is 5.78 Å². The molecule has 21 heavy (non-hydrogen) atoms. The predicted molar refractivity (Wildman–Crippen MR) is 75.0 cm³/mol. The first-order valence-corrected chi connectivity index (χ1v) is 6.23. The Balaban J connectivity index is 2.11. The maximum Gasteiger partial charge on any atom is 0.300 e. The van der Waals surface area contributed by atoms with Gasteiger partial charge < -0.3 is 5.32 Å². The molecule has 3 heterocycles. The number of pyridine rings is 2. The van der Waals surface area contributed by atoms with Gasteiger partial charge in [0.25, 0.3) is 11.7 Å². The van der Waals surface area contributed by atoms with Crippen molar-refractivity contribution in [3.05, 3.63) is 42.1 Å². The van der Waals surface area contributed by atoms with E-state index in [1.807, 2.05) is 6.07 Å². The van der Waals surface area contributed by atoms with Crippen LogP contribution >= 0.6 is 0 Å². The summed E-state index contributed by atoms with van der Waals surface area (Å²) in [5, 5.41) is 3.19. The number of Topliss-reactive ketones (excluding diaryl/α,β-unsaturated/α-hetero) is 2. The standard InChI is InChI=1S/C15H7N3O3/c19-13-8-4-3-7-6-10-9(2-1-5-16-10)17-11(7)12(8)18-15(21)14(13)20/h1-6H,(H,18,21). The summed E-state index contributed by atoms with van der Waals surface area (Å²) in [6.07, 6.45) is 1.66. The van der Waals surface area contributed by atoms with Gasteiger partial charge in [-0.15, -0.1) is 0 Å². The second-order valence-electron chi connectivity index (χ2n) is 4.70. The molecule has 0 radical (unpaired) electrons. The summed E-state index contributed by atoms with van der Waals surface area (Å²) in [7, 11) is 0. The molecule has 0 fully saturated rings. The van der Waals surface area contributed by atoms with Crippen molar-refractivity contribution in [3.63, 3.8) is 0 Å². The highest BCUT2D eigenvalue weighted by molar-refractivity contribution is 6.71. The van der Waals surface area contributed by atoms with Crippen molar-refractivity contribution < 1.29 is 14.4 Å². The minimum atomic E-state index is -1.05. The van der Waals surface area contributed by atoms with E-state index in [2.05, 4.69) is 15.3 Å². The zero-order valence-corrected chi connectivity index (χ0v) is 10.6. The molecule has 0 saturated carbocycles. The molecular formula is C15H7N3O3. The van der Waals surface area contributed by atoms with Crippen LogP contribution in [0.5, 0.6) is 0 Å². The fourth-order valence-electron chi connectivity index (χ4n) is 2.44. The number of nitrogens with one attached hydrogen (secondary N) is 1. The van der Waals surface area contributed by atoms with Crippen LogP contribution in [0.15, 0.2) is 36.5 Å². The molecule has 2 aromatic heterocycles. The SMILES string of the molecule is O=C1Nc2c(ccc3cc4ncccc4nc23)C(=O)C1=O. The first kappa shape index (κ1) is 11.7. The lowest BCUT2D eigenvalue weighted by molar-refractivity contribution is -0.132. The number of amides is 1. The monoisotopic (exact) mass is 277 g/mol. The Kier molecular flexibility index (Phi) is 2.18. The number of rotatable bonds is 0. The highest BCUT2D eigenvalue weighted by atomic mass is 16.2. The van der Waals surface area contributed by atoms with E-state index < -0.39 is 17.5 Å². The van der Waals surface area contributed by atoms with Crippen LogP contribution in [0.25, 0.3) is 21.9 Å². The predicted octanol–water partition coefficient (Wildman–Crippen LogP) is 1.49. The van der Waals surface area contributed by atoms with Crippen molar-refractivity contribution in [2.45, 2.75) is 0 Å². The van der Waals surface area contributed by atoms with Crippen molar-refractivity contribution in [2.75, 3.05) is 5.32 Å². The van der Waals surface area contributed by atoms with E-state index in [-0.39, 0.29) is 11.3 Å². The molecule has 0 saturated heterocycles. The van der Waals surface area contributed by atoms with Gasteiger partial charge in [-0.3, -0.25) is 19.4 Å². The second-order valence-corrected chi connectivity index (χ2v) is 4.70. The fourth-order valence-corrected chi connectivity index (χ4v) is 2.44. The summed E-state index contributed by atoms with van der Waals surface area (Å²) in [5.74, 6) is -2.78. The van der Waals surface area contributed by atoms with Crippen molar-refractivity contribution >= 4 is 45.1 Å². The molecule has 6 heteroatoms. The number of nitrogens with zero attached hydrogens (tertiary/aromatic N) is 2. The summed E-state index contributed by atoms with van der Waals surface area (Å²) in [6.45, 7) is 0. The molecule has 0 spiro atoms. The van der Waals surface area contributed by atoms with Crippen LogP contribution in [0.4, 0.5) is 5.69 Å². The Hall–Kier alpha value is -3.15. The van der Waals surface area contributed by atoms with Crippen LogP contribution in [0.1, 0.15) is 10.4 Å². The smallest absolute Gasteiger partial charge is 0.300 e. The minimum Gasteiger partial charge on any atom is -0.316 e. The van der Waals surface area contributed by atoms with Crippen LogP contribution in [0.3, 0.4) is 0 Å². The third-order valence-corrected chi connectivity index (χ3v) is 3.45. The third kappa shape index (κ3) is 1.56. The first-order valence-electron chi connectivity index (χ1n) is 6.23. The number of aromatic nitrogens is 2. The normalized spacial score (nSPS) is 14.4. The number of hydrogen-bond donors (Lipinski definition) is 1. The zero-order valence-electron chi connectivity index (χ0n) is 10.6. The van der Waals surface area contributed by atoms with Crippen LogP contribution in [-0.4, -0.2) is 27.4 Å². The average molecular weight is 277 g/mol. The number of benzene rings is 1. The average Bonchev–Trinajstić information content (AvgIpc) is 2.51. The maximum absolute atomic E-state index is 11.9.